The fourth-order valence-corrected chi connectivity index (χ4v) is 0.987. The van der Waals surface area contributed by atoms with Gasteiger partial charge in [0.2, 0.25) is 0 Å². The lowest BCUT2D eigenvalue weighted by Gasteiger charge is -2.00. The van der Waals surface area contributed by atoms with E-state index in [1.165, 1.54) is 0 Å². The summed E-state index contributed by atoms with van der Waals surface area (Å²) in [6, 6.07) is 9.49. The maximum Gasteiger partial charge on any atom is 0.0885 e. The fraction of sp³-hybridized carbons (Fsp3) is 0.200. The molecular weight excluding hydrogens is 155 g/mol. The van der Waals surface area contributed by atoms with Crippen molar-refractivity contribution in [1.29, 1.82) is 0 Å². The SMILES string of the molecule is OCC(=CF)Cc1ccccc1. The molecule has 1 N–H and O–H groups in total. The zero-order valence-electron chi connectivity index (χ0n) is 6.70. The van der Waals surface area contributed by atoms with Gasteiger partial charge in [0.1, 0.15) is 0 Å². The minimum absolute atomic E-state index is 0.217. The van der Waals surface area contributed by atoms with Crippen LogP contribution in [0.2, 0.25) is 0 Å². The summed E-state index contributed by atoms with van der Waals surface area (Å²) in [5, 5.41) is 8.68. The van der Waals surface area contributed by atoms with Crippen LogP contribution in [0.4, 0.5) is 4.39 Å². The molecule has 0 unspecified atom stereocenters. The summed E-state index contributed by atoms with van der Waals surface area (Å²) in [6.07, 6.45) is 0.945. The smallest absolute Gasteiger partial charge is 0.0885 e. The van der Waals surface area contributed by atoms with Crippen LogP contribution in [0.5, 0.6) is 0 Å². The molecule has 12 heavy (non-hydrogen) atoms. The van der Waals surface area contributed by atoms with Gasteiger partial charge in [0.15, 0.2) is 0 Å². The number of halogens is 1. The molecule has 0 spiro atoms. The second-order valence-corrected chi connectivity index (χ2v) is 2.59. The Kier molecular flexibility index (Phi) is 3.48. The van der Waals surface area contributed by atoms with Gasteiger partial charge in [0, 0.05) is 0 Å². The molecule has 0 aliphatic heterocycles. The van der Waals surface area contributed by atoms with Gasteiger partial charge in [-0.1, -0.05) is 30.3 Å². The van der Waals surface area contributed by atoms with Crippen molar-refractivity contribution >= 4 is 0 Å². The van der Waals surface area contributed by atoms with Gasteiger partial charge in [-0.15, -0.1) is 0 Å². The topological polar surface area (TPSA) is 20.2 Å². The predicted molar refractivity (Wildman–Crippen MR) is 46.4 cm³/mol. The molecule has 0 saturated heterocycles. The standard InChI is InChI=1S/C10H11FO/c11-7-10(8-12)6-9-4-2-1-3-5-9/h1-5,7,12H,6,8H2. The molecule has 0 aliphatic carbocycles. The number of rotatable bonds is 3. The monoisotopic (exact) mass is 166 g/mol. The molecule has 0 saturated carbocycles. The van der Waals surface area contributed by atoms with Crippen molar-refractivity contribution in [3.63, 3.8) is 0 Å². The molecule has 0 atom stereocenters. The quantitative estimate of drug-likeness (QED) is 0.728. The van der Waals surface area contributed by atoms with Crippen LogP contribution in [0.25, 0.3) is 0 Å². The summed E-state index contributed by atoms with van der Waals surface area (Å²) in [6.45, 7) is -0.217. The summed E-state index contributed by atoms with van der Waals surface area (Å²) in [5.41, 5.74) is 1.41. The zero-order chi connectivity index (χ0) is 8.81. The van der Waals surface area contributed by atoms with Crippen LogP contribution in [-0.2, 0) is 6.42 Å². The van der Waals surface area contributed by atoms with Crippen LogP contribution in [0, 0.1) is 0 Å². The van der Waals surface area contributed by atoms with E-state index in [-0.39, 0.29) is 6.61 Å². The van der Waals surface area contributed by atoms with Gasteiger partial charge in [-0.25, -0.2) is 4.39 Å². The Labute approximate surface area is 71.2 Å². The highest BCUT2D eigenvalue weighted by Crippen LogP contribution is 2.06. The first-order valence-electron chi connectivity index (χ1n) is 3.79. The third-order valence-corrected chi connectivity index (χ3v) is 1.63. The number of aliphatic hydroxyl groups excluding tert-OH is 1. The number of benzene rings is 1. The van der Waals surface area contributed by atoms with Crippen molar-refractivity contribution < 1.29 is 9.50 Å². The Morgan fingerprint density at radius 1 is 1.33 bits per heavy atom. The van der Waals surface area contributed by atoms with E-state index in [0.29, 0.717) is 18.3 Å². The first-order chi connectivity index (χ1) is 5.86. The maximum atomic E-state index is 12.0. The van der Waals surface area contributed by atoms with E-state index >= 15 is 0 Å². The van der Waals surface area contributed by atoms with Gasteiger partial charge in [0.05, 0.1) is 12.9 Å². The third-order valence-electron chi connectivity index (χ3n) is 1.63. The van der Waals surface area contributed by atoms with Crippen molar-refractivity contribution in [3.8, 4) is 0 Å². The van der Waals surface area contributed by atoms with Crippen LogP contribution in [0.1, 0.15) is 5.56 Å². The lowest BCUT2D eigenvalue weighted by molar-refractivity contribution is 0.325. The average molecular weight is 166 g/mol. The molecular formula is C10H11FO. The molecule has 0 bridgehead atoms. The highest BCUT2D eigenvalue weighted by atomic mass is 19.1. The van der Waals surface area contributed by atoms with E-state index in [1.807, 2.05) is 30.3 Å². The average Bonchev–Trinajstić information content (AvgIpc) is 2.16. The normalized spacial score (nSPS) is 11.7. The molecule has 1 nitrogen and oxygen atoms in total. The van der Waals surface area contributed by atoms with E-state index in [1.54, 1.807) is 0 Å². The first kappa shape index (κ1) is 8.94. The van der Waals surface area contributed by atoms with Crippen LogP contribution >= 0.6 is 0 Å². The number of aliphatic hydroxyl groups is 1. The minimum Gasteiger partial charge on any atom is -0.392 e. The Morgan fingerprint density at radius 2 is 2.00 bits per heavy atom. The van der Waals surface area contributed by atoms with E-state index in [4.69, 9.17) is 5.11 Å². The second-order valence-electron chi connectivity index (χ2n) is 2.59. The van der Waals surface area contributed by atoms with Gasteiger partial charge < -0.3 is 5.11 Å². The van der Waals surface area contributed by atoms with Crippen LogP contribution in [0.3, 0.4) is 0 Å². The molecule has 1 aromatic rings. The molecule has 0 heterocycles. The maximum absolute atomic E-state index is 12.0. The molecule has 64 valence electrons. The van der Waals surface area contributed by atoms with Crippen molar-refractivity contribution in [2.24, 2.45) is 0 Å². The van der Waals surface area contributed by atoms with E-state index in [2.05, 4.69) is 0 Å². The number of hydrogen-bond acceptors (Lipinski definition) is 1. The van der Waals surface area contributed by atoms with Crippen molar-refractivity contribution in [1.82, 2.24) is 0 Å². The fourth-order valence-electron chi connectivity index (χ4n) is 0.987. The van der Waals surface area contributed by atoms with Gasteiger partial charge in [0.25, 0.3) is 0 Å². The Morgan fingerprint density at radius 3 is 2.50 bits per heavy atom. The summed E-state index contributed by atoms with van der Waals surface area (Å²) < 4.78 is 12.0. The molecule has 0 aliphatic rings. The molecule has 0 fully saturated rings. The zero-order valence-corrected chi connectivity index (χ0v) is 6.70. The predicted octanol–water partition coefficient (Wildman–Crippen LogP) is 2.07. The van der Waals surface area contributed by atoms with Crippen molar-refractivity contribution in [2.75, 3.05) is 6.61 Å². The number of hydrogen-bond donors (Lipinski definition) is 1. The van der Waals surface area contributed by atoms with Crippen LogP contribution in [0.15, 0.2) is 42.2 Å². The first-order valence-corrected chi connectivity index (χ1v) is 3.79. The van der Waals surface area contributed by atoms with Crippen LogP contribution < -0.4 is 0 Å². The summed E-state index contributed by atoms with van der Waals surface area (Å²) in [4.78, 5) is 0. The van der Waals surface area contributed by atoms with E-state index in [0.717, 1.165) is 5.56 Å². The van der Waals surface area contributed by atoms with Crippen molar-refractivity contribution in [3.05, 3.63) is 47.8 Å². The summed E-state index contributed by atoms with van der Waals surface area (Å²) in [7, 11) is 0. The highest BCUT2D eigenvalue weighted by molar-refractivity contribution is 5.21. The van der Waals surface area contributed by atoms with Gasteiger partial charge in [-0.2, -0.15) is 0 Å². The second kappa shape index (κ2) is 4.67. The van der Waals surface area contributed by atoms with Gasteiger partial charge in [-0.05, 0) is 17.6 Å². The van der Waals surface area contributed by atoms with E-state index < -0.39 is 0 Å². The summed E-state index contributed by atoms with van der Waals surface area (Å²) in [5.74, 6) is 0. The minimum atomic E-state index is -0.217. The molecule has 1 aromatic carbocycles. The molecule has 2 heteroatoms. The molecule has 0 amide bonds. The van der Waals surface area contributed by atoms with Gasteiger partial charge in [-0.3, -0.25) is 0 Å². The lowest BCUT2D eigenvalue weighted by Crippen LogP contribution is -1.94. The van der Waals surface area contributed by atoms with Gasteiger partial charge >= 0.3 is 0 Å². The molecule has 0 radical (unpaired) electrons. The highest BCUT2D eigenvalue weighted by Gasteiger charge is 1.96. The molecule has 0 aromatic heterocycles. The Balaban J connectivity index is 2.64. The van der Waals surface area contributed by atoms with E-state index in [9.17, 15) is 4.39 Å². The van der Waals surface area contributed by atoms with Crippen molar-refractivity contribution in [2.45, 2.75) is 6.42 Å². The molecule has 1 rings (SSSR count). The lowest BCUT2D eigenvalue weighted by atomic mass is 10.1. The summed E-state index contributed by atoms with van der Waals surface area (Å²) >= 11 is 0. The Hall–Kier alpha value is -1.15. The Bertz CT molecular complexity index is 254. The largest absolute Gasteiger partial charge is 0.392 e. The van der Waals surface area contributed by atoms with Crippen LogP contribution in [-0.4, -0.2) is 11.7 Å². The third kappa shape index (κ3) is 2.47.